The number of non-ortho nitro benzene ring substituents is 1. The Morgan fingerprint density at radius 3 is 2.46 bits per heavy atom. The van der Waals surface area contributed by atoms with Crippen LogP contribution in [0.2, 0.25) is 0 Å². The summed E-state index contributed by atoms with van der Waals surface area (Å²) in [7, 11) is 3.81. The van der Waals surface area contributed by atoms with Crippen molar-refractivity contribution in [1.29, 1.82) is 0 Å². The summed E-state index contributed by atoms with van der Waals surface area (Å²) < 4.78 is 0.886. The fourth-order valence-electron chi connectivity index (χ4n) is 0.972. The van der Waals surface area contributed by atoms with Crippen molar-refractivity contribution in [2.24, 2.45) is 0 Å². The van der Waals surface area contributed by atoms with Crippen LogP contribution in [-0.2, 0) is 0 Å². The molecule has 0 fully saturated rings. The molecule has 0 bridgehead atoms. The van der Waals surface area contributed by atoms with Gasteiger partial charge in [-0.15, -0.1) is 0 Å². The van der Waals surface area contributed by atoms with Crippen LogP contribution in [0.5, 0.6) is 0 Å². The van der Waals surface area contributed by atoms with Crippen molar-refractivity contribution in [1.82, 2.24) is 0 Å². The SMILES string of the molecule is CN(C)c1ccc([N+](=O)[O-])cc1I. The van der Waals surface area contributed by atoms with E-state index in [0.29, 0.717) is 0 Å². The topological polar surface area (TPSA) is 46.4 Å². The first kappa shape index (κ1) is 10.2. The molecule has 1 aromatic rings. The Morgan fingerprint density at radius 2 is 2.08 bits per heavy atom. The van der Waals surface area contributed by atoms with Gasteiger partial charge in [-0.05, 0) is 28.7 Å². The zero-order chi connectivity index (χ0) is 10.0. The summed E-state index contributed by atoms with van der Waals surface area (Å²) in [5, 5.41) is 10.4. The molecule has 0 aliphatic heterocycles. The van der Waals surface area contributed by atoms with Crippen LogP contribution in [0.3, 0.4) is 0 Å². The minimum atomic E-state index is -0.387. The molecule has 0 saturated carbocycles. The van der Waals surface area contributed by atoms with Crippen LogP contribution in [-0.4, -0.2) is 19.0 Å². The predicted octanol–water partition coefficient (Wildman–Crippen LogP) is 2.27. The fraction of sp³-hybridized carbons (Fsp3) is 0.250. The Morgan fingerprint density at radius 1 is 1.46 bits per heavy atom. The highest BCUT2D eigenvalue weighted by molar-refractivity contribution is 14.1. The first-order valence-electron chi connectivity index (χ1n) is 3.63. The average Bonchev–Trinajstić information content (AvgIpc) is 2.03. The molecule has 0 N–H and O–H groups in total. The van der Waals surface area contributed by atoms with Gasteiger partial charge in [0.05, 0.1) is 10.6 Å². The highest BCUT2D eigenvalue weighted by Gasteiger charge is 2.09. The molecule has 0 unspecified atom stereocenters. The third-order valence-electron chi connectivity index (χ3n) is 1.62. The second-order valence-electron chi connectivity index (χ2n) is 2.79. The van der Waals surface area contributed by atoms with Crippen LogP contribution in [0.25, 0.3) is 0 Å². The van der Waals surface area contributed by atoms with E-state index in [2.05, 4.69) is 22.6 Å². The van der Waals surface area contributed by atoms with Crippen molar-refractivity contribution in [3.63, 3.8) is 0 Å². The largest absolute Gasteiger partial charge is 0.377 e. The molecule has 70 valence electrons. The number of rotatable bonds is 2. The summed E-state index contributed by atoms with van der Waals surface area (Å²) in [6, 6.07) is 4.83. The summed E-state index contributed by atoms with van der Waals surface area (Å²) in [6.45, 7) is 0. The van der Waals surface area contributed by atoms with E-state index in [1.807, 2.05) is 19.0 Å². The van der Waals surface area contributed by atoms with Gasteiger partial charge in [0.25, 0.3) is 5.69 Å². The lowest BCUT2D eigenvalue weighted by molar-refractivity contribution is -0.384. The van der Waals surface area contributed by atoms with Crippen LogP contribution in [0, 0.1) is 13.7 Å². The van der Waals surface area contributed by atoms with Crippen molar-refractivity contribution in [2.45, 2.75) is 0 Å². The molecule has 1 rings (SSSR count). The van der Waals surface area contributed by atoms with Crippen LogP contribution in [0.4, 0.5) is 11.4 Å². The zero-order valence-corrected chi connectivity index (χ0v) is 9.48. The van der Waals surface area contributed by atoms with Gasteiger partial charge in [-0.2, -0.15) is 0 Å². The number of nitro benzene ring substituents is 1. The Kier molecular flexibility index (Phi) is 3.07. The molecule has 13 heavy (non-hydrogen) atoms. The Balaban J connectivity index is 3.13. The molecule has 4 nitrogen and oxygen atoms in total. The Bertz CT molecular complexity index is 339. The summed E-state index contributed by atoms with van der Waals surface area (Å²) in [5.74, 6) is 0. The first-order valence-corrected chi connectivity index (χ1v) is 4.71. The van der Waals surface area contributed by atoms with Crippen molar-refractivity contribution in [3.8, 4) is 0 Å². The van der Waals surface area contributed by atoms with Crippen molar-refractivity contribution < 1.29 is 4.92 Å². The maximum atomic E-state index is 10.4. The molecule has 0 heterocycles. The first-order chi connectivity index (χ1) is 6.02. The Hall–Kier alpha value is -0.850. The third kappa shape index (κ3) is 2.30. The molecule has 0 atom stereocenters. The van der Waals surface area contributed by atoms with E-state index in [1.54, 1.807) is 12.1 Å². The maximum Gasteiger partial charge on any atom is 0.270 e. The number of nitrogens with zero attached hydrogens (tertiary/aromatic N) is 2. The summed E-state index contributed by atoms with van der Waals surface area (Å²) in [5.41, 5.74) is 1.13. The van der Waals surface area contributed by atoms with Gasteiger partial charge < -0.3 is 4.90 Å². The maximum absolute atomic E-state index is 10.4. The van der Waals surface area contributed by atoms with Crippen molar-refractivity contribution in [3.05, 3.63) is 31.9 Å². The molecule has 0 aliphatic rings. The van der Waals surface area contributed by atoms with E-state index in [-0.39, 0.29) is 10.6 Å². The normalized spacial score (nSPS) is 9.77. The van der Waals surface area contributed by atoms with E-state index < -0.39 is 0 Å². The van der Waals surface area contributed by atoms with Crippen LogP contribution in [0.15, 0.2) is 18.2 Å². The third-order valence-corrected chi connectivity index (χ3v) is 2.49. The standard InChI is InChI=1S/C8H9IN2O2/c1-10(2)8-4-3-6(11(12)13)5-7(8)9/h3-5H,1-2H3. The van der Waals surface area contributed by atoms with Gasteiger partial charge in [-0.3, -0.25) is 10.1 Å². The molecule has 0 amide bonds. The molecular weight excluding hydrogens is 283 g/mol. The molecule has 0 aliphatic carbocycles. The van der Waals surface area contributed by atoms with Gasteiger partial charge >= 0.3 is 0 Å². The van der Waals surface area contributed by atoms with Gasteiger partial charge in [0.1, 0.15) is 0 Å². The number of hydrogen-bond donors (Lipinski definition) is 0. The van der Waals surface area contributed by atoms with Crippen LogP contribution in [0.1, 0.15) is 0 Å². The lowest BCUT2D eigenvalue weighted by Crippen LogP contribution is -2.10. The lowest BCUT2D eigenvalue weighted by Gasteiger charge is -2.13. The van der Waals surface area contributed by atoms with Gasteiger partial charge in [-0.25, -0.2) is 0 Å². The Labute approximate surface area is 89.8 Å². The van der Waals surface area contributed by atoms with Gasteiger partial charge in [0.2, 0.25) is 0 Å². The minimum absolute atomic E-state index is 0.134. The highest BCUT2D eigenvalue weighted by atomic mass is 127. The monoisotopic (exact) mass is 292 g/mol. The zero-order valence-electron chi connectivity index (χ0n) is 7.32. The number of anilines is 1. The van der Waals surface area contributed by atoms with E-state index in [0.717, 1.165) is 9.26 Å². The predicted molar refractivity (Wildman–Crippen MR) is 60.1 cm³/mol. The van der Waals surface area contributed by atoms with Crippen molar-refractivity contribution in [2.75, 3.05) is 19.0 Å². The summed E-state index contributed by atoms with van der Waals surface area (Å²) in [6.07, 6.45) is 0. The molecule has 0 radical (unpaired) electrons. The van der Waals surface area contributed by atoms with Gasteiger partial charge in [0.15, 0.2) is 0 Å². The molecule has 0 spiro atoms. The second kappa shape index (κ2) is 3.91. The molecule has 5 heteroatoms. The average molecular weight is 292 g/mol. The molecule has 0 aromatic heterocycles. The van der Waals surface area contributed by atoms with E-state index in [1.165, 1.54) is 6.07 Å². The molecule has 0 saturated heterocycles. The summed E-state index contributed by atoms with van der Waals surface area (Å²) in [4.78, 5) is 12.0. The number of halogens is 1. The smallest absolute Gasteiger partial charge is 0.270 e. The lowest BCUT2D eigenvalue weighted by atomic mass is 10.3. The highest BCUT2D eigenvalue weighted by Crippen LogP contribution is 2.25. The second-order valence-corrected chi connectivity index (χ2v) is 3.95. The quantitative estimate of drug-likeness (QED) is 0.477. The summed E-state index contributed by atoms with van der Waals surface area (Å²) >= 11 is 2.09. The van der Waals surface area contributed by atoms with E-state index >= 15 is 0 Å². The van der Waals surface area contributed by atoms with Gasteiger partial charge in [-0.1, -0.05) is 0 Å². The number of benzene rings is 1. The van der Waals surface area contributed by atoms with Crippen molar-refractivity contribution >= 4 is 34.0 Å². The van der Waals surface area contributed by atoms with Crippen LogP contribution >= 0.6 is 22.6 Å². The fourth-order valence-corrected chi connectivity index (χ4v) is 1.95. The van der Waals surface area contributed by atoms with E-state index in [9.17, 15) is 10.1 Å². The number of nitro groups is 1. The minimum Gasteiger partial charge on any atom is -0.377 e. The molecular formula is C8H9IN2O2. The van der Waals surface area contributed by atoms with Crippen LogP contribution < -0.4 is 4.90 Å². The van der Waals surface area contributed by atoms with Gasteiger partial charge in [0, 0.05) is 29.8 Å². The number of hydrogen-bond acceptors (Lipinski definition) is 3. The molecule has 1 aromatic carbocycles. The van der Waals surface area contributed by atoms with E-state index in [4.69, 9.17) is 0 Å².